The van der Waals surface area contributed by atoms with Gasteiger partial charge in [0.1, 0.15) is 0 Å². The highest BCUT2D eigenvalue weighted by atomic mass is 16.5. The van der Waals surface area contributed by atoms with Gasteiger partial charge in [-0.05, 0) is 54.3 Å². The zero-order chi connectivity index (χ0) is 18.5. The predicted molar refractivity (Wildman–Crippen MR) is 98.9 cm³/mol. The summed E-state index contributed by atoms with van der Waals surface area (Å²) in [7, 11) is 0. The van der Waals surface area contributed by atoms with E-state index in [0.29, 0.717) is 18.4 Å². The fourth-order valence-corrected chi connectivity index (χ4v) is 2.76. The molecule has 0 fully saturated rings. The first-order chi connectivity index (χ1) is 12.5. The molecule has 0 aromatic heterocycles. The van der Waals surface area contributed by atoms with E-state index in [0.717, 1.165) is 22.4 Å². The molecule has 1 N–H and O–H groups in total. The number of hydrogen-bond donors (Lipinski definition) is 1. The van der Waals surface area contributed by atoms with Crippen LogP contribution in [-0.2, 0) is 20.7 Å². The number of ketones is 1. The molecule has 26 heavy (non-hydrogen) atoms. The Morgan fingerprint density at radius 2 is 1.96 bits per heavy atom. The van der Waals surface area contributed by atoms with Gasteiger partial charge in [-0.15, -0.1) is 0 Å². The second-order valence-corrected chi connectivity index (χ2v) is 6.14. The molecule has 0 unspecified atom stereocenters. The van der Waals surface area contributed by atoms with Gasteiger partial charge in [-0.25, -0.2) is 4.79 Å². The number of benzene rings is 2. The molecule has 5 heteroatoms. The van der Waals surface area contributed by atoms with Crippen LogP contribution < -0.4 is 5.32 Å². The molecular weight excluding hydrogens is 330 g/mol. The van der Waals surface area contributed by atoms with Crippen LogP contribution in [0.3, 0.4) is 0 Å². The molecule has 132 valence electrons. The van der Waals surface area contributed by atoms with Gasteiger partial charge in [0.15, 0.2) is 12.4 Å². The molecule has 1 aliphatic rings. The molecule has 0 aliphatic carbocycles. The lowest BCUT2D eigenvalue weighted by atomic mass is 9.99. The summed E-state index contributed by atoms with van der Waals surface area (Å²) in [4.78, 5) is 35.4. The van der Waals surface area contributed by atoms with Crippen molar-refractivity contribution < 1.29 is 19.1 Å². The second-order valence-electron chi connectivity index (χ2n) is 6.14. The Morgan fingerprint density at radius 1 is 1.15 bits per heavy atom. The van der Waals surface area contributed by atoms with Crippen molar-refractivity contribution in [3.63, 3.8) is 0 Å². The van der Waals surface area contributed by atoms with Gasteiger partial charge in [-0.1, -0.05) is 24.3 Å². The number of ether oxygens (including phenoxy) is 1. The number of hydrogen-bond acceptors (Lipinski definition) is 4. The summed E-state index contributed by atoms with van der Waals surface area (Å²) < 4.78 is 5.04. The summed E-state index contributed by atoms with van der Waals surface area (Å²) in [6, 6.07) is 12.7. The second kappa shape index (κ2) is 7.78. The first-order valence-corrected chi connectivity index (χ1v) is 8.39. The molecule has 2 aromatic carbocycles. The van der Waals surface area contributed by atoms with E-state index in [1.807, 2.05) is 31.2 Å². The van der Waals surface area contributed by atoms with Crippen LogP contribution in [0.25, 0.3) is 6.08 Å². The summed E-state index contributed by atoms with van der Waals surface area (Å²) in [6.45, 7) is 1.63. The third-order valence-corrected chi connectivity index (χ3v) is 4.26. The highest BCUT2D eigenvalue weighted by Crippen LogP contribution is 2.23. The SMILES string of the molecule is Cc1ccccc1/C=C/C(=O)OCC(=O)c1ccc2c(c1)CCC(=O)N2. The number of esters is 1. The maximum absolute atomic E-state index is 12.2. The van der Waals surface area contributed by atoms with Crippen molar-refractivity contribution in [3.8, 4) is 0 Å². The van der Waals surface area contributed by atoms with Gasteiger partial charge in [0.05, 0.1) is 0 Å². The van der Waals surface area contributed by atoms with E-state index in [1.54, 1.807) is 24.3 Å². The lowest BCUT2D eigenvalue weighted by molar-refractivity contribution is -0.136. The van der Waals surface area contributed by atoms with Crippen LogP contribution in [0, 0.1) is 6.92 Å². The third kappa shape index (κ3) is 4.25. The maximum Gasteiger partial charge on any atom is 0.331 e. The molecule has 1 aliphatic heterocycles. The number of amides is 1. The Bertz CT molecular complexity index is 899. The number of fused-ring (bicyclic) bond motifs is 1. The van der Waals surface area contributed by atoms with Crippen LogP contribution in [0.5, 0.6) is 0 Å². The van der Waals surface area contributed by atoms with Gasteiger partial charge in [0, 0.05) is 23.7 Å². The van der Waals surface area contributed by atoms with Crippen LogP contribution in [0.1, 0.15) is 33.5 Å². The number of Topliss-reactive ketones (excluding diaryl/α,β-unsaturated/α-hetero) is 1. The van der Waals surface area contributed by atoms with E-state index >= 15 is 0 Å². The fraction of sp³-hybridized carbons (Fsp3) is 0.190. The molecule has 3 rings (SSSR count). The lowest BCUT2D eigenvalue weighted by Gasteiger charge is -2.17. The van der Waals surface area contributed by atoms with Crippen molar-refractivity contribution in [2.75, 3.05) is 11.9 Å². The van der Waals surface area contributed by atoms with Gasteiger partial charge < -0.3 is 10.1 Å². The number of carbonyl (C=O) groups excluding carboxylic acids is 3. The topological polar surface area (TPSA) is 72.5 Å². The van der Waals surface area contributed by atoms with Crippen LogP contribution in [0.4, 0.5) is 5.69 Å². The van der Waals surface area contributed by atoms with Crippen molar-refractivity contribution in [1.82, 2.24) is 0 Å². The van der Waals surface area contributed by atoms with E-state index in [1.165, 1.54) is 6.08 Å². The highest BCUT2D eigenvalue weighted by molar-refractivity contribution is 6.00. The molecule has 1 amide bonds. The molecule has 0 saturated heterocycles. The average Bonchev–Trinajstić information content (AvgIpc) is 2.65. The van der Waals surface area contributed by atoms with E-state index in [-0.39, 0.29) is 18.3 Å². The minimum absolute atomic E-state index is 0.0223. The van der Waals surface area contributed by atoms with Gasteiger partial charge in [-0.2, -0.15) is 0 Å². The molecule has 0 bridgehead atoms. The smallest absolute Gasteiger partial charge is 0.331 e. The Labute approximate surface area is 151 Å². The third-order valence-electron chi connectivity index (χ3n) is 4.26. The van der Waals surface area contributed by atoms with Crippen LogP contribution in [0.15, 0.2) is 48.5 Å². The standard InChI is InChI=1S/C21H19NO4/c1-14-4-2-3-5-15(14)8-11-21(25)26-13-19(23)17-6-9-18-16(12-17)7-10-20(24)22-18/h2-6,8-9,11-12H,7,10,13H2,1H3,(H,22,24)/b11-8+. The zero-order valence-electron chi connectivity index (χ0n) is 14.5. The minimum Gasteiger partial charge on any atom is -0.454 e. The van der Waals surface area contributed by atoms with Crippen molar-refractivity contribution in [3.05, 3.63) is 70.8 Å². The number of anilines is 1. The van der Waals surface area contributed by atoms with Crippen LogP contribution in [-0.4, -0.2) is 24.3 Å². The van der Waals surface area contributed by atoms with Crippen molar-refractivity contribution >= 4 is 29.4 Å². The fourth-order valence-electron chi connectivity index (χ4n) is 2.76. The van der Waals surface area contributed by atoms with Gasteiger partial charge in [0.2, 0.25) is 5.91 Å². The summed E-state index contributed by atoms with van der Waals surface area (Å²) in [5.41, 5.74) is 4.09. The predicted octanol–water partition coefficient (Wildman–Crippen LogP) is 3.32. The van der Waals surface area contributed by atoms with Crippen molar-refractivity contribution in [1.29, 1.82) is 0 Å². The molecular formula is C21H19NO4. The molecule has 1 heterocycles. The highest BCUT2D eigenvalue weighted by Gasteiger charge is 2.17. The minimum atomic E-state index is -0.563. The quantitative estimate of drug-likeness (QED) is 0.511. The summed E-state index contributed by atoms with van der Waals surface area (Å²) in [5.74, 6) is -0.861. The first kappa shape index (κ1) is 17.6. The summed E-state index contributed by atoms with van der Waals surface area (Å²) in [5, 5.41) is 2.77. The molecule has 0 radical (unpaired) electrons. The number of aryl methyl sites for hydroxylation is 2. The van der Waals surface area contributed by atoms with E-state index in [2.05, 4.69) is 5.32 Å². The molecule has 0 spiro atoms. The number of nitrogens with one attached hydrogen (secondary N) is 1. The molecule has 0 atom stereocenters. The first-order valence-electron chi connectivity index (χ1n) is 8.39. The molecule has 0 saturated carbocycles. The summed E-state index contributed by atoms with van der Waals surface area (Å²) in [6.07, 6.45) is 3.99. The van der Waals surface area contributed by atoms with E-state index in [4.69, 9.17) is 4.74 Å². The van der Waals surface area contributed by atoms with Crippen LogP contribution in [0.2, 0.25) is 0 Å². The Balaban J connectivity index is 1.58. The van der Waals surface area contributed by atoms with Crippen molar-refractivity contribution in [2.24, 2.45) is 0 Å². The van der Waals surface area contributed by atoms with Gasteiger partial charge in [-0.3, -0.25) is 9.59 Å². The zero-order valence-corrected chi connectivity index (χ0v) is 14.5. The lowest BCUT2D eigenvalue weighted by Crippen LogP contribution is -2.20. The monoisotopic (exact) mass is 349 g/mol. The Hall–Kier alpha value is -3.21. The molecule has 2 aromatic rings. The Kier molecular flexibility index (Phi) is 5.27. The van der Waals surface area contributed by atoms with Gasteiger partial charge >= 0.3 is 5.97 Å². The Morgan fingerprint density at radius 3 is 2.77 bits per heavy atom. The average molecular weight is 349 g/mol. The number of rotatable bonds is 5. The number of carbonyl (C=O) groups is 3. The van der Waals surface area contributed by atoms with E-state index < -0.39 is 5.97 Å². The van der Waals surface area contributed by atoms with Crippen molar-refractivity contribution in [2.45, 2.75) is 19.8 Å². The normalized spacial score (nSPS) is 13.2. The summed E-state index contributed by atoms with van der Waals surface area (Å²) >= 11 is 0. The maximum atomic E-state index is 12.2. The molecule has 5 nitrogen and oxygen atoms in total. The van der Waals surface area contributed by atoms with E-state index in [9.17, 15) is 14.4 Å². The van der Waals surface area contributed by atoms with Gasteiger partial charge in [0.25, 0.3) is 0 Å². The van der Waals surface area contributed by atoms with Crippen LogP contribution >= 0.6 is 0 Å². The largest absolute Gasteiger partial charge is 0.454 e.